The van der Waals surface area contributed by atoms with Crippen LogP contribution in [-0.4, -0.2) is 11.9 Å². The minimum absolute atomic E-state index is 0.0723. The van der Waals surface area contributed by atoms with Gasteiger partial charge >= 0.3 is 11.9 Å². The fraction of sp³-hybridized carbons (Fsp3) is 0.533. The summed E-state index contributed by atoms with van der Waals surface area (Å²) in [7, 11) is 0. The Balaban J connectivity index is 2.22. The first-order chi connectivity index (χ1) is 15.3. The number of ether oxygens (including phenoxy) is 2. The van der Waals surface area contributed by atoms with Crippen LogP contribution in [0.2, 0.25) is 0 Å². The van der Waals surface area contributed by atoms with Gasteiger partial charge in [0.05, 0.1) is 5.41 Å². The van der Waals surface area contributed by atoms with E-state index in [0.717, 1.165) is 33.4 Å². The molecule has 0 spiro atoms. The van der Waals surface area contributed by atoms with E-state index >= 15 is 0 Å². The molecule has 1 aliphatic heterocycles. The molecule has 1 unspecified atom stereocenters. The number of esters is 2. The Morgan fingerprint density at radius 1 is 0.824 bits per heavy atom. The minimum atomic E-state index is -0.605. The van der Waals surface area contributed by atoms with E-state index in [4.69, 9.17) is 9.47 Å². The van der Waals surface area contributed by atoms with Crippen LogP contribution < -0.4 is 9.47 Å². The molecule has 0 saturated carbocycles. The van der Waals surface area contributed by atoms with E-state index in [2.05, 4.69) is 53.7 Å². The van der Waals surface area contributed by atoms with Crippen molar-refractivity contribution in [1.82, 2.24) is 0 Å². The quantitative estimate of drug-likeness (QED) is 0.348. The molecule has 2 aromatic carbocycles. The second-order valence-corrected chi connectivity index (χ2v) is 12.8. The topological polar surface area (TPSA) is 52.6 Å². The maximum atomic E-state index is 13.3. The van der Waals surface area contributed by atoms with Crippen molar-refractivity contribution >= 4 is 11.9 Å². The van der Waals surface area contributed by atoms with Crippen molar-refractivity contribution in [1.29, 1.82) is 0 Å². The lowest BCUT2D eigenvalue weighted by Gasteiger charge is -2.27. The first-order valence-electron chi connectivity index (χ1n) is 12.1. The summed E-state index contributed by atoms with van der Waals surface area (Å²) in [5.74, 6) is 0.220. The number of fused-ring (bicyclic) bond motifs is 1. The molecule has 0 amide bonds. The molecule has 1 aliphatic rings. The van der Waals surface area contributed by atoms with Crippen LogP contribution in [0.4, 0.5) is 0 Å². The maximum Gasteiger partial charge on any atom is 0.323 e. The monoisotopic (exact) mass is 464 g/mol. The predicted molar refractivity (Wildman–Crippen MR) is 137 cm³/mol. The summed E-state index contributed by atoms with van der Waals surface area (Å²) in [6.45, 7) is 24.4. The van der Waals surface area contributed by atoms with E-state index in [0.29, 0.717) is 11.5 Å². The Labute approximate surface area is 205 Å². The van der Waals surface area contributed by atoms with Gasteiger partial charge in [-0.15, -0.1) is 0 Å². The normalized spacial score (nSPS) is 16.4. The van der Waals surface area contributed by atoms with Crippen LogP contribution in [0.5, 0.6) is 11.5 Å². The third-order valence-electron chi connectivity index (χ3n) is 6.73. The molecule has 4 nitrogen and oxygen atoms in total. The zero-order valence-electron chi connectivity index (χ0n) is 22.9. The van der Waals surface area contributed by atoms with Gasteiger partial charge in [-0.3, -0.25) is 9.59 Å². The van der Waals surface area contributed by atoms with Crippen LogP contribution in [-0.2, 0) is 20.4 Å². The summed E-state index contributed by atoms with van der Waals surface area (Å²) < 4.78 is 11.8. The highest BCUT2D eigenvalue weighted by atomic mass is 16.5. The first-order valence-corrected chi connectivity index (χ1v) is 12.1. The lowest BCUT2D eigenvalue weighted by atomic mass is 9.76. The van der Waals surface area contributed by atoms with Gasteiger partial charge in [-0.1, -0.05) is 59.7 Å². The molecule has 34 heavy (non-hydrogen) atoms. The average Bonchev–Trinajstić information content (AvgIpc) is 3.00. The van der Waals surface area contributed by atoms with Gasteiger partial charge in [0.15, 0.2) is 0 Å². The van der Waals surface area contributed by atoms with Crippen molar-refractivity contribution in [3.8, 4) is 11.5 Å². The molecule has 2 aromatic rings. The van der Waals surface area contributed by atoms with Gasteiger partial charge in [0.2, 0.25) is 0 Å². The molecule has 1 heterocycles. The smallest absolute Gasteiger partial charge is 0.323 e. The van der Waals surface area contributed by atoms with E-state index in [1.165, 1.54) is 5.56 Å². The number of carbonyl (C=O) groups is 2. The van der Waals surface area contributed by atoms with E-state index < -0.39 is 11.3 Å². The average molecular weight is 465 g/mol. The maximum absolute atomic E-state index is 13.3. The van der Waals surface area contributed by atoms with Crippen LogP contribution >= 0.6 is 0 Å². The number of hydrogen-bond acceptors (Lipinski definition) is 4. The molecule has 1 atom stereocenters. The van der Waals surface area contributed by atoms with E-state index in [1.807, 2.05) is 47.6 Å². The number of rotatable bonds is 2. The predicted octanol–water partition coefficient (Wildman–Crippen LogP) is 7.21. The van der Waals surface area contributed by atoms with E-state index in [1.54, 1.807) is 0 Å². The Morgan fingerprint density at radius 2 is 1.41 bits per heavy atom. The molecule has 0 bridgehead atoms. The Kier molecular flexibility index (Phi) is 6.31. The summed E-state index contributed by atoms with van der Waals surface area (Å²) in [5.41, 5.74) is 5.85. The summed E-state index contributed by atoms with van der Waals surface area (Å²) in [6.07, 6.45) is 0. The highest BCUT2D eigenvalue weighted by Gasteiger charge is 2.41. The summed E-state index contributed by atoms with van der Waals surface area (Å²) in [6, 6.07) is 6.31. The highest BCUT2D eigenvalue weighted by molar-refractivity contribution is 5.91. The molecule has 0 aliphatic carbocycles. The molecule has 0 N–H and O–H groups in total. The van der Waals surface area contributed by atoms with Gasteiger partial charge < -0.3 is 9.47 Å². The van der Waals surface area contributed by atoms with Crippen molar-refractivity contribution in [2.45, 2.75) is 99.8 Å². The lowest BCUT2D eigenvalue weighted by molar-refractivity contribution is -0.143. The molecule has 0 radical (unpaired) electrons. The second-order valence-electron chi connectivity index (χ2n) is 12.8. The van der Waals surface area contributed by atoms with E-state index in [9.17, 15) is 9.59 Å². The fourth-order valence-electron chi connectivity index (χ4n) is 4.34. The third-order valence-corrected chi connectivity index (χ3v) is 6.73. The van der Waals surface area contributed by atoms with Gasteiger partial charge in [-0.25, -0.2) is 0 Å². The third kappa shape index (κ3) is 4.64. The van der Waals surface area contributed by atoms with Gasteiger partial charge in [0, 0.05) is 11.1 Å². The van der Waals surface area contributed by atoms with Crippen molar-refractivity contribution in [2.24, 2.45) is 5.41 Å². The molecule has 3 rings (SSSR count). The standard InChI is InChI=1S/C30H40O4/c1-16-13-20(17(2)18(3)24(16)34-27(32)30(10,11)12)23-21-14-19(28(4,5)6)15-22(29(7,8)9)25(21)33-26(23)31/h13-15,23H,1-12H3. The van der Waals surface area contributed by atoms with Crippen LogP contribution in [0, 0.1) is 26.2 Å². The highest BCUT2D eigenvalue weighted by Crippen LogP contribution is 2.48. The second kappa shape index (κ2) is 8.25. The Hall–Kier alpha value is -2.62. The van der Waals surface area contributed by atoms with Gasteiger partial charge in [-0.05, 0) is 80.2 Å². The molecule has 0 fully saturated rings. The fourth-order valence-corrected chi connectivity index (χ4v) is 4.34. The van der Waals surface area contributed by atoms with Gasteiger partial charge in [0.25, 0.3) is 0 Å². The Morgan fingerprint density at radius 3 is 1.91 bits per heavy atom. The van der Waals surface area contributed by atoms with E-state index in [-0.39, 0.29) is 22.8 Å². The number of carbonyl (C=O) groups excluding carboxylic acids is 2. The van der Waals surface area contributed by atoms with Crippen molar-refractivity contribution < 1.29 is 19.1 Å². The lowest BCUT2D eigenvalue weighted by Crippen LogP contribution is -2.26. The minimum Gasteiger partial charge on any atom is -0.426 e. The summed E-state index contributed by atoms with van der Waals surface area (Å²) in [4.78, 5) is 25.9. The molecule has 0 aromatic heterocycles. The molecular weight excluding hydrogens is 424 g/mol. The molecule has 184 valence electrons. The van der Waals surface area contributed by atoms with Gasteiger partial charge in [-0.2, -0.15) is 0 Å². The zero-order chi connectivity index (χ0) is 26.0. The SMILES string of the molecule is Cc1cc(C2C(=O)Oc3c2cc(C(C)(C)C)cc3C(C)(C)C)c(C)c(C)c1OC(=O)C(C)(C)C. The number of aryl methyl sites for hydroxylation is 1. The van der Waals surface area contributed by atoms with Crippen LogP contribution in [0.3, 0.4) is 0 Å². The first kappa shape index (κ1) is 26.0. The number of benzene rings is 2. The van der Waals surface area contributed by atoms with Crippen LogP contribution in [0.15, 0.2) is 18.2 Å². The van der Waals surface area contributed by atoms with Crippen LogP contribution in [0.25, 0.3) is 0 Å². The van der Waals surface area contributed by atoms with Crippen molar-refractivity contribution in [3.05, 3.63) is 57.1 Å². The van der Waals surface area contributed by atoms with Crippen molar-refractivity contribution in [2.75, 3.05) is 0 Å². The number of hydrogen-bond donors (Lipinski definition) is 0. The summed E-state index contributed by atoms with van der Waals surface area (Å²) >= 11 is 0. The summed E-state index contributed by atoms with van der Waals surface area (Å²) in [5, 5.41) is 0. The van der Waals surface area contributed by atoms with Crippen molar-refractivity contribution in [3.63, 3.8) is 0 Å². The largest absolute Gasteiger partial charge is 0.426 e. The molecular formula is C30H40O4. The Bertz CT molecular complexity index is 1160. The van der Waals surface area contributed by atoms with Gasteiger partial charge in [0.1, 0.15) is 17.4 Å². The molecule has 0 saturated heterocycles. The molecule has 4 heteroatoms. The zero-order valence-corrected chi connectivity index (χ0v) is 22.9. The van der Waals surface area contributed by atoms with Crippen LogP contribution in [0.1, 0.15) is 107 Å².